The van der Waals surface area contributed by atoms with E-state index in [-0.39, 0.29) is 35.9 Å². The summed E-state index contributed by atoms with van der Waals surface area (Å²) in [6.07, 6.45) is 4.44. The van der Waals surface area contributed by atoms with Gasteiger partial charge in [-0.1, -0.05) is 0 Å². The molecule has 0 aromatic rings. The molecular formula is C16H31IN4O2. The molecule has 2 unspecified atom stereocenters. The van der Waals surface area contributed by atoms with E-state index in [1.54, 1.807) is 0 Å². The lowest BCUT2D eigenvalue weighted by molar-refractivity contribution is -0.149. The number of piperidine rings is 1. The van der Waals surface area contributed by atoms with Crippen LogP contribution in [0.2, 0.25) is 0 Å². The monoisotopic (exact) mass is 438 g/mol. The van der Waals surface area contributed by atoms with Crippen LogP contribution >= 0.6 is 24.0 Å². The molecule has 0 amide bonds. The third-order valence-electron chi connectivity index (χ3n) is 4.72. The van der Waals surface area contributed by atoms with Gasteiger partial charge in [0.25, 0.3) is 0 Å². The summed E-state index contributed by atoms with van der Waals surface area (Å²) < 4.78 is 5.17. The van der Waals surface area contributed by atoms with E-state index in [2.05, 4.69) is 27.2 Å². The molecule has 2 aliphatic heterocycles. The molecule has 2 heterocycles. The Hall–Kier alpha value is -0.570. The Morgan fingerprint density at radius 2 is 2.04 bits per heavy atom. The van der Waals surface area contributed by atoms with Crippen molar-refractivity contribution in [3.05, 3.63) is 0 Å². The number of carbonyl (C=O) groups excluding carboxylic acids is 1. The normalized spacial score (nSPS) is 25.9. The summed E-state index contributed by atoms with van der Waals surface area (Å²) in [5, 5.41) is 3.49. The fourth-order valence-electron chi connectivity index (χ4n) is 3.40. The molecule has 23 heavy (non-hydrogen) atoms. The van der Waals surface area contributed by atoms with Crippen molar-refractivity contribution in [2.45, 2.75) is 38.6 Å². The van der Waals surface area contributed by atoms with Gasteiger partial charge in [0, 0.05) is 32.7 Å². The molecule has 0 saturated carbocycles. The average molecular weight is 438 g/mol. The lowest BCUT2D eigenvalue weighted by Crippen LogP contribution is -2.50. The Kier molecular flexibility index (Phi) is 9.19. The van der Waals surface area contributed by atoms with Gasteiger partial charge in [0.2, 0.25) is 0 Å². The van der Waals surface area contributed by atoms with Crippen molar-refractivity contribution in [2.75, 3.05) is 46.9 Å². The van der Waals surface area contributed by atoms with Crippen molar-refractivity contribution in [3.8, 4) is 0 Å². The number of hydrogen-bond acceptors (Lipinski definition) is 4. The lowest BCUT2D eigenvalue weighted by Gasteiger charge is -2.34. The number of guanidine groups is 1. The molecular weight excluding hydrogens is 407 g/mol. The SMILES string of the molecule is CCOC(=O)C1CCCN(C(=NC)NCC2CCCN2C)C1.I. The highest BCUT2D eigenvalue weighted by Gasteiger charge is 2.29. The maximum atomic E-state index is 11.9. The summed E-state index contributed by atoms with van der Waals surface area (Å²) >= 11 is 0. The van der Waals surface area contributed by atoms with Gasteiger partial charge >= 0.3 is 5.97 Å². The van der Waals surface area contributed by atoms with Gasteiger partial charge in [-0.25, -0.2) is 0 Å². The van der Waals surface area contributed by atoms with Gasteiger partial charge in [0.05, 0.1) is 12.5 Å². The molecule has 0 aromatic carbocycles. The Balaban J connectivity index is 0.00000264. The topological polar surface area (TPSA) is 57.2 Å². The maximum absolute atomic E-state index is 11.9. The van der Waals surface area contributed by atoms with Crippen LogP contribution in [0.5, 0.6) is 0 Å². The van der Waals surface area contributed by atoms with Crippen molar-refractivity contribution in [2.24, 2.45) is 10.9 Å². The van der Waals surface area contributed by atoms with Crippen LogP contribution in [0.15, 0.2) is 4.99 Å². The third-order valence-corrected chi connectivity index (χ3v) is 4.72. The predicted molar refractivity (Wildman–Crippen MR) is 103 cm³/mol. The average Bonchev–Trinajstić information content (AvgIpc) is 2.94. The molecule has 2 aliphatic rings. The van der Waals surface area contributed by atoms with Crippen LogP contribution in [0.25, 0.3) is 0 Å². The molecule has 2 saturated heterocycles. The van der Waals surface area contributed by atoms with E-state index in [0.29, 0.717) is 19.2 Å². The number of likely N-dealkylation sites (N-methyl/N-ethyl adjacent to an activating group) is 1. The van der Waals surface area contributed by atoms with Crippen LogP contribution in [0.4, 0.5) is 0 Å². The highest BCUT2D eigenvalue weighted by atomic mass is 127. The van der Waals surface area contributed by atoms with Crippen LogP contribution in [0.3, 0.4) is 0 Å². The summed E-state index contributed by atoms with van der Waals surface area (Å²) in [7, 11) is 3.99. The first-order valence-corrected chi connectivity index (χ1v) is 8.48. The molecule has 2 fully saturated rings. The largest absolute Gasteiger partial charge is 0.466 e. The molecule has 0 aromatic heterocycles. The van der Waals surface area contributed by atoms with E-state index >= 15 is 0 Å². The Morgan fingerprint density at radius 1 is 1.30 bits per heavy atom. The number of aliphatic imine (C=N–C) groups is 1. The lowest BCUT2D eigenvalue weighted by atomic mass is 9.98. The van der Waals surface area contributed by atoms with Gasteiger partial charge in [0.15, 0.2) is 5.96 Å². The first-order valence-electron chi connectivity index (χ1n) is 8.48. The minimum absolute atomic E-state index is 0. The van der Waals surface area contributed by atoms with Crippen LogP contribution in [-0.2, 0) is 9.53 Å². The Morgan fingerprint density at radius 3 is 2.65 bits per heavy atom. The second kappa shape index (κ2) is 10.3. The molecule has 7 heteroatoms. The van der Waals surface area contributed by atoms with Gasteiger partial charge < -0.3 is 19.9 Å². The number of nitrogens with one attached hydrogen (secondary N) is 1. The second-order valence-electron chi connectivity index (χ2n) is 6.24. The van der Waals surface area contributed by atoms with Gasteiger partial charge in [-0.2, -0.15) is 0 Å². The van der Waals surface area contributed by atoms with Crippen LogP contribution in [0, 0.1) is 5.92 Å². The van der Waals surface area contributed by atoms with Crippen LogP contribution < -0.4 is 5.32 Å². The number of esters is 1. The maximum Gasteiger partial charge on any atom is 0.310 e. The molecule has 0 bridgehead atoms. The zero-order valence-corrected chi connectivity index (χ0v) is 16.9. The highest BCUT2D eigenvalue weighted by Crippen LogP contribution is 2.18. The summed E-state index contributed by atoms with van der Waals surface area (Å²) in [5.74, 6) is 0.814. The molecule has 0 radical (unpaired) electrons. The summed E-state index contributed by atoms with van der Waals surface area (Å²) in [5.41, 5.74) is 0. The standard InChI is InChI=1S/C16H30N4O2.HI/c1-4-22-15(21)13-7-5-10-20(12-13)16(17-2)18-11-14-8-6-9-19(14)3;/h13-14H,4-12H2,1-3H3,(H,17,18);1H. The van der Waals surface area contributed by atoms with E-state index in [9.17, 15) is 4.79 Å². The van der Waals surface area contributed by atoms with E-state index < -0.39 is 0 Å². The van der Waals surface area contributed by atoms with Gasteiger partial charge in [-0.05, 0) is 46.2 Å². The molecule has 2 atom stereocenters. The summed E-state index contributed by atoms with van der Waals surface area (Å²) in [4.78, 5) is 20.9. The number of nitrogens with zero attached hydrogens (tertiary/aromatic N) is 3. The Labute approximate surface area is 157 Å². The fourth-order valence-corrected chi connectivity index (χ4v) is 3.40. The Bertz CT molecular complexity index is 406. The first-order chi connectivity index (χ1) is 10.7. The van der Waals surface area contributed by atoms with E-state index in [1.807, 2.05) is 14.0 Å². The summed E-state index contributed by atoms with van der Waals surface area (Å²) in [6, 6.07) is 0.586. The third kappa shape index (κ3) is 5.77. The number of halogens is 1. The van der Waals surface area contributed by atoms with E-state index in [0.717, 1.165) is 31.9 Å². The van der Waals surface area contributed by atoms with Gasteiger partial charge in [-0.3, -0.25) is 9.79 Å². The van der Waals surface area contributed by atoms with Crippen molar-refractivity contribution in [1.82, 2.24) is 15.1 Å². The molecule has 6 nitrogen and oxygen atoms in total. The quantitative estimate of drug-likeness (QED) is 0.313. The van der Waals surface area contributed by atoms with Gasteiger partial charge in [-0.15, -0.1) is 24.0 Å². The van der Waals surface area contributed by atoms with Crippen LogP contribution in [-0.4, -0.2) is 74.7 Å². The number of ether oxygens (including phenoxy) is 1. The first kappa shape index (κ1) is 20.5. The molecule has 2 rings (SSSR count). The number of rotatable bonds is 4. The molecule has 134 valence electrons. The van der Waals surface area contributed by atoms with Crippen molar-refractivity contribution >= 4 is 35.9 Å². The number of hydrogen-bond donors (Lipinski definition) is 1. The molecule has 0 aliphatic carbocycles. The highest BCUT2D eigenvalue weighted by molar-refractivity contribution is 14.0. The van der Waals surface area contributed by atoms with Crippen LogP contribution in [0.1, 0.15) is 32.6 Å². The van der Waals surface area contributed by atoms with Crippen molar-refractivity contribution < 1.29 is 9.53 Å². The van der Waals surface area contributed by atoms with Crippen molar-refractivity contribution in [3.63, 3.8) is 0 Å². The number of carbonyl (C=O) groups is 1. The smallest absolute Gasteiger partial charge is 0.310 e. The fraction of sp³-hybridized carbons (Fsp3) is 0.875. The zero-order chi connectivity index (χ0) is 15.9. The van der Waals surface area contributed by atoms with Crippen molar-refractivity contribution in [1.29, 1.82) is 0 Å². The minimum atomic E-state index is -0.0711. The van der Waals surface area contributed by atoms with E-state index in [4.69, 9.17) is 4.74 Å². The predicted octanol–water partition coefficient (Wildman–Crippen LogP) is 1.55. The molecule has 1 N–H and O–H groups in total. The van der Waals surface area contributed by atoms with E-state index in [1.165, 1.54) is 19.4 Å². The zero-order valence-electron chi connectivity index (χ0n) is 14.6. The summed E-state index contributed by atoms with van der Waals surface area (Å²) in [6.45, 7) is 6.08. The number of likely N-dealkylation sites (tertiary alicyclic amines) is 2. The minimum Gasteiger partial charge on any atom is -0.466 e. The second-order valence-corrected chi connectivity index (χ2v) is 6.24. The van der Waals surface area contributed by atoms with Gasteiger partial charge in [0.1, 0.15) is 0 Å². The molecule has 0 spiro atoms.